The van der Waals surface area contributed by atoms with Gasteiger partial charge in [0.15, 0.2) is 0 Å². The van der Waals surface area contributed by atoms with Crippen LogP contribution in [-0.2, 0) is 32.6 Å². The van der Waals surface area contributed by atoms with Gasteiger partial charge in [0.1, 0.15) is 11.6 Å². The maximum atomic E-state index is 13.4. The maximum absolute atomic E-state index is 13.4. The fourth-order valence-electron chi connectivity index (χ4n) is 7.11. The minimum atomic E-state index is -0.593. The number of nitrogens with zero attached hydrogens (tertiary/aromatic N) is 4. The van der Waals surface area contributed by atoms with Crippen molar-refractivity contribution in [3.63, 3.8) is 0 Å². The Morgan fingerprint density at radius 1 is 1.04 bits per heavy atom. The molecule has 4 heterocycles. The molecule has 3 aliphatic rings. The van der Waals surface area contributed by atoms with E-state index in [0.717, 1.165) is 47.5 Å². The highest BCUT2D eigenvalue weighted by molar-refractivity contribution is 6.31. The molecule has 0 spiro atoms. The first-order valence-electron chi connectivity index (χ1n) is 16.9. The second-order valence-corrected chi connectivity index (χ2v) is 15.0. The molecule has 0 bridgehead atoms. The van der Waals surface area contributed by atoms with E-state index < -0.39 is 23.2 Å². The van der Waals surface area contributed by atoms with E-state index in [4.69, 9.17) is 21.3 Å². The first kappa shape index (κ1) is 33.7. The number of rotatable bonds is 7. The molecule has 11 heteroatoms. The molecule has 0 saturated carbocycles. The summed E-state index contributed by atoms with van der Waals surface area (Å²) in [6, 6.07) is 13.8. The molecule has 3 amide bonds. The Morgan fingerprint density at radius 2 is 1.77 bits per heavy atom. The van der Waals surface area contributed by atoms with E-state index in [2.05, 4.69) is 33.8 Å². The van der Waals surface area contributed by atoms with Crippen molar-refractivity contribution >= 4 is 46.8 Å². The summed E-state index contributed by atoms with van der Waals surface area (Å²) in [4.78, 5) is 51.3. The van der Waals surface area contributed by atoms with E-state index in [0.29, 0.717) is 55.8 Å². The highest BCUT2D eigenvalue weighted by Crippen LogP contribution is 2.40. The molecule has 2 N–H and O–H groups in total. The standard InChI is InChI=1S/C37H45ClN6O4/c1-36(2,3)48-35(47)44-19-7-10-30(44)32(45)43-20-17-24(18-21-43)23-11-14-26(15-12-23)40-34-39-22-27(38)28(42-34)16-13-25-8-6-9-29-31(25)37(4,5)33(46)41-29/h6,8-9,11-12,14-15,22,24,30H,7,10,13,16-21H2,1-5H3,(H,41,46)(H,39,40,42)/t30-/m0/s1. The Labute approximate surface area is 287 Å². The summed E-state index contributed by atoms with van der Waals surface area (Å²) < 4.78 is 5.56. The summed E-state index contributed by atoms with van der Waals surface area (Å²) in [6.45, 7) is 11.3. The van der Waals surface area contributed by atoms with Crippen LogP contribution in [0.1, 0.15) is 88.6 Å². The van der Waals surface area contributed by atoms with Gasteiger partial charge in [0, 0.05) is 31.0 Å². The Balaban J connectivity index is 1.03. The molecule has 6 rings (SSSR count). The zero-order valence-electron chi connectivity index (χ0n) is 28.4. The molecule has 0 radical (unpaired) electrons. The van der Waals surface area contributed by atoms with Gasteiger partial charge in [0.25, 0.3) is 0 Å². The lowest BCUT2D eigenvalue weighted by Crippen LogP contribution is -2.50. The number of carbonyl (C=O) groups excluding carboxylic acids is 3. The van der Waals surface area contributed by atoms with Crippen LogP contribution in [0.3, 0.4) is 0 Å². The number of piperidine rings is 1. The average Bonchev–Trinajstić information content (AvgIpc) is 3.63. The van der Waals surface area contributed by atoms with E-state index in [-0.39, 0.29) is 11.8 Å². The van der Waals surface area contributed by atoms with Crippen molar-refractivity contribution in [3.05, 3.63) is 76.1 Å². The van der Waals surface area contributed by atoms with Crippen molar-refractivity contribution in [1.82, 2.24) is 19.8 Å². The average molecular weight is 673 g/mol. The molecule has 1 atom stereocenters. The van der Waals surface area contributed by atoms with E-state index in [9.17, 15) is 14.4 Å². The molecular weight excluding hydrogens is 628 g/mol. The number of halogens is 1. The predicted octanol–water partition coefficient (Wildman–Crippen LogP) is 6.99. The summed E-state index contributed by atoms with van der Waals surface area (Å²) in [5, 5.41) is 6.81. The fourth-order valence-corrected chi connectivity index (χ4v) is 7.29. The molecule has 254 valence electrons. The molecule has 48 heavy (non-hydrogen) atoms. The Kier molecular flexibility index (Phi) is 9.40. The number of nitrogens with one attached hydrogen (secondary N) is 2. The number of fused-ring (bicyclic) bond motifs is 1. The SMILES string of the molecule is CC(C)(C)OC(=O)N1CCC[C@H]1C(=O)N1CCC(c2ccc(Nc3ncc(Cl)c(CCc4cccc5c4C(C)(C)C(=O)N5)n3)cc2)CC1. The number of anilines is 3. The lowest BCUT2D eigenvalue weighted by Gasteiger charge is -2.36. The zero-order valence-corrected chi connectivity index (χ0v) is 29.2. The van der Waals surface area contributed by atoms with Crippen LogP contribution in [0.5, 0.6) is 0 Å². The van der Waals surface area contributed by atoms with Crippen molar-refractivity contribution in [2.24, 2.45) is 0 Å². The van der Waals surface area contributed by atoms with Gasteiger partial charge in [-0.25, -0.2) is 14.8 Å². The Bertz CT molecular complexity index is 1690. The lowest BCUT2D eigenvalue weighted by molar-refractivity contribution is -0.137. The van der Waals surface area contributed by atoms with Crippen LogP contribution in [0.15, 0.2) is 48.7 Å². The summed E-state index contributed by atoms with van der Waals surface area (Å²) in [5.74, 6) is 0.858. The molecule has 10 nitrogen and oxygen atoms in total. The number of hydrogen-bond acceptors (Lipinski definition) is 7. The van der Waals surface area contributed by atoms with E-state index >= 15 is 0 Å². The zero-order chi connectivity index (χ0) is 34.2. The summed E-state index contributed by atoms with van der Waals surface area (Å²) in [7, 11) is 0. The van der Waals surface area contributed by atoms with E-state index in [1.54, 1.807) is 11.1 Å². The number of aromatic nitrogens is 2. The monoisotopic (exact) mass is 672 g/mol. The first-order valence-corrected chi connectivity index (χ1v) is 17.3. The third kappa shape index (κ3) is 7.14. The molecule has 1 aromatic heterocycles. The predicted molar refractivity (Wildman–Crippen MR) is 187 cm³/mol. The van der Waals surface area contributed by atoms with Crippen molar-refractivity contribution in [2.75, 3.05) is 30.3 Å². The van der Waals surface area contributed by atoms with Gasteiger partial charge in [-0.2, -0.15) is 0 Å². The largest absolute Gasteiger partial charge is 0.444 e. The Hall–Kier alpha value is -4.18. The summed E-state index contributed by atoms with van der Waals surface area (Å²) in [5.41, 5.74) is 4.67. The maximum Gasteiger partial charge on any atom is 0.410 e. The van der Waals surface area contributed by atoms with Gasteiger partial charge in [0.05, 0.1) is 22.3 Å². The van der Waals surface area contributed by atoms with Gasteiger partial charge in [0.2, 0.25) is 17.8 Å². The van der Waals surface area contributed by atoms with Crippen LogP contribution >= 0.6 is 11.6 Å². The van der Waals surface area contributed by atoms with Crippen LogP contribution in [-0.4, -0.2) is 69.0 Å². The van der Waals surface area contributed by atoms with Crippen LogP contribution in [0.2, 0.25) is 5.02 Å². The smallest absolute Gasteiger partial charge is 0.410 e. The molecule has 2 saturated heterocycles. The molecule has 3 aliphatic heterocycles. The summed E-state index contributed by atoms with van der Waals surface area (Å²) >= 11 is 6.51. The molecule has 3 aromatic rings. The second-order valence-electron chi connectivity index (χ2n) is 14.6. The normalized spacial score (nSPS) is 19.2. The topological polar surface area (TPSA) is 117 Å². The minimum absolute atomic E-state index is 0.00982. The van der Waals surface area contributed by atoms with Crippen molar-refractivity contribution < 1.29 is 19.1 Å². The quantitative estimate of drug-likeness (QED) is 0.278. The van der Waals surface area contributed by atoms with Gasteiger partial charge in [-0.05, 0) is 114 Å². The number of aryl methyl sites for hydroxylation is 2. The van der Waals surface area contributed by atoms with Crippen LogP contribution < -0.4 is 10.6 Å². The number of likely N-dealkylation sites (tertiary alicyclic amines) is 2. The first-order chi connectivity index (χ1) is 22.8. The fraction of sp³-hybridized carbons (Fsp3) is 0.486. The van der Waals surface area contributed by atoms with E-state index in [1.165, 1.54) is 5.56 Å². The minimum Gasteiger partial charge on any atom is -0.444 e. The number of ether oxygens (including phenoxy) is 1. The van der Waals surface area contributed by atoms with E-state index in [1.807, 2.05) is 63.8 Å². The lowest BCUT2D eigenvalue weighted by atomic mass is 9.82. The van der Waals surface area contributed by atoms with Crippen LogP contribution in [0.4, 0.5) is 22.1 Å². The van der Waals surface area contributed by atoms with Gasteiger partial charge < -0.3 is 20.3 Å². The third-order valence-electron chi connectivity index (χ3n) is 9.65. The molecule has 0 aliphatic carbocycles. The molecule has 2 fully saturated rings. The highest BCUT2D eigenvalue weighted by Gasteiger charge is 2.41. The summed E-state index contributed by atoms with van der Waals surface area (Å²) in [6.07, 6.45) is 5.75. The van der Waals surface area contributed by atoms with Gasteiger partial charge in [-0.3, -0.25) is 14.5 Å². The molecule has 0 unspecified atom stereocenters. The molecular formula is C37H45ClN6O4. The van der Waals surface area contributed by atoms with Gasteiger partial charge in [-0.15, -0.1) is 0 Å². The van der Waals surface area contributed by atoms with Crippen LogP contribution in [0.25, 0.3) is 0 Å². The second kappa shape index (κ2) is 13.4. The molecule has 2 aromatic carbocycles. The van der Waals surface area contributed by atoms with Crippen molar-refractivity contribution in [3.8, 4) is 0 Å². The van der Waals surface area contributed by atoms with Gasteiger partial charge >= 0.3 is 6.09 Å². The number of hydrogen-bond donors (Lipinski definition) is 2. The van der Waals surface area contributed by atoms with Crippen molar-refractivity contribution in [1.29, 1.82) is 0 Å². The number of carbonyl (C=O) groups is 3. The highest BCUT2D eigenvalue weighted by atomic mass is 35.5. The number of benzene rings is 2. The number of amides is 3. The van der Waals surface area contributed by atoms with Gasteiger partial charge in [-0.1, -0.05) is 35.9 Å². The van der Waals surface area contributed by atoms with Crippen LogP contribution in [0, 0.1) is 0 Å². The Morgan fingerprint density at radius 3 is 2.48 bits per heavy atom. The van der Waals surface area contributed by atoms with Crippen molar-refractivity contribution in [2.45, 2.75) is 96.1 Å². The third-order valence-corrected chi connectivity index (χ3v) is 9.97.